The molecule has 1 aliphatic rings. The zero-order valence-electron chi connectivity index (χ0n) is 12.3. The van der Waals surface area contributed by atoms with Crippen molar-refractivity contribution in [1.29, 1.82) is 0 Å². The quantitative estimate of drug-likeness (QED) is 0.883. The molecule has 4 nitrogen and oxygen atoms in total. The number of anilines is 1. The summed E-state index contributed by atoms with van der Waals surface area (Å²) in [4.78, 5) is 11.9. The first-order valence-electron chi connectivity index (χ1n) is 7.63. The number of piperidine rings is 1. The van der Waals surface area contributed by atoms with Crippen LogP contribution in [0.5, 0.6) is 0 Å². The Hall–Kier alpha value is -1.16. The highest BCUT2D eigenvalue weighted by Crippen LogP contribution is 2.21. The van der Waals surface area contributed by atoms with Crippen molar-refractivity contribution in [2.75, 3.05) is 24.5 Å². The molecule has 1 aromatic rings. The Balaban J connectivity index is 2.34. The van der Waals surface area contributed by atoms with Gasteiger partial charge in [-0.3, -0.25) is 0 Å². The van der Waals surface area contributed by atoms with Crippen LogP contribution in [0.2, 0.25) is 0 Å². The van der Waals surface area contributed by atoms with Crippen LogP contribution in [0.4, 0.5) is 5.95 Å². The fraction of sp³-hybridized carbons (Fsp3) is 0.733. The third kappa shape index (κ3) is 3.24. The van der Waals surface area contributed by atoms with E-state index in [-0.39, 0.29) is 0 Å². The summed E-state index contributed by atoms with van der Waals surface area (Å²) >= 11 is 0. The summed E-state index contributed by atoms with van der Waals surface area (Å²) in [5.41, 5.74) is 9.39. The highest BCUT2D eigenvalue weighted by Gasteiger charge is 2.17. The second-order valence-electron chi connectivity index (χ2n) is 5.19. The van der Waals surface area contributed by atoms with E-state index in [4.69, 9.17) is 15.7 Å². The van der Waals surface area contributed by atoms with Gasteiger partial charge in [-0.15, -0.1) is 0 Å². The number of aromatic nitrogens is 2. The smallest absolute Gasteiger partial charge is 0.225 e. The van der Waals surface area contributed by atoms with Gasteiger partial charge in [-0.2, -0.15) is 0 Å². The predicted molar refractivity (Wildman–Crippen MR) is 79.6 cm³/mol. The van der Waals surface area contributed by atoms with Gasteiger partial charge in [0.2, 0.25) is 5.95 Å². The number of hydrogen-bond acceptors (Lipinski definition) is 4. The molecular weight excluding hydrogens is 236 g/mol. The van der Waals surface area contributed by atoms with Crippen molar-refractivity contribution in [1.82, 2.24) is 9.97 Å². The molecule has 1 saturated heterocycles. The first-order valence-corrected chi connectivity index (χ1v) is 7.63. The Bertz CT molecular complexity index is 386. The topological polar surface area (TPSA) is 55.0 Å². The van der Waals surface area contributed by atoms with Crippen LogP contribution in [0.3, 0.4) is 0 Å². The van der Waals surface area contributed by atoms with E-state index in [9.17, 15) is 0 Å². The number of nitrogens with zero attached hydrogens (tertiary/aromatic N) is 3. The van der Waals surface area contributed by atoms with Gasteiger partial charge >= 0.3 is 0 Å². The second-order valence-corrected chi connectivity index (χ2v) is 5.19. The minimum Gasteiger partial charge on any atom is -0.341 e. The molecule has 2 rings (SSSR count). The Morgan fingerprint density at radius 3 is 2.05 bits per heavy atom. The van der Waals surface area contributed by atoms with Crippen LogP contribution in [-0.2, 0) is 19.3 Å². The standard InChI is InChI=1S/C15H26N4/c1-3-13-12(8-9-16)14(4-2)18-15(17-13)19-10-6-5-7-11-19/h3-11,16H2,1-2H3. The van der Waals surface area contributed by atoms with Crippen LogP contribution in [0.25, 0.3) is 0 Å². The molecule has 4 heteroatoms. The molecule has 0 aliphatic carbocycles. The van der Waals surface area contributed by atoms with E-state index in [1.165, 1.54) is 36.2 Å². The van der Waals surface area contributed by atoms with E-state index in [0.29, 0.717) is 6.54 Å². The van der Waals surface area contributed by atoms with Gasteiger partial charge in [-0.25, -0.2) is 9.97 Å². The first kappa shape index (κ1) is 14.3. The van der Waals surface area contributed by atoms with Crippen LogP contribution >= 0.6 is 0 Å². The summed E-state index contributed by atoms with van der Waals surface area (Å²) in [6.45, 7) is 7.21. The van der Waals surface area contributed by atoms with Gasteiger partial charge in [0.25, 0.3) is 0 Å². The Labute approximate surface area is 116 Å². The lowest BCUT2D eigenvalue weighted by atomic mass is 10.0. The van der Waals surface area contributed by atoms with E-state index >= 15 is 0 Å². The molecule has 2 N–H and O–H groups in total. The van der Waals surface area contributed by atoms with Crippen LogP contribution in [0.15, 0.2) is 0 Å². The first-order chi connectivity index (χ1) is 9.30. The second kappa shape index (κ2) is 6.85. The minimum atomic E-state index is 0.673. The van der Waals surface area contributed by atoms with E-state index in [1.54, 1.807) is 0 Å². The lowest BCUT2D eigenvalue weighted by molar-refractivity contribution is 0.565. The maximum atomic E-state index is 5.72. The Morgan fingerprint density at radius 1 is 1.00 bits per heavy atom. The summed E-state index contributed by atoms with van der Waals surface area (Å²) in [6.07, 6.45) is 6.68. The molecule has 2 heterocycles. The molecule has 0 atom stereocenters. The lowest BCUT2D eigenvalue weighted by Gasteiger charge is -2.28. The van der Waals surface area contributed by atoms with Gasteiger partial charge in [-0.05, 0) is 50.6 Å². The Kier molecular flexibility index (Phi) is 5.14. The molecule has 1 aliphatic heterocycles. The molecule has 0 aromatic carbocycles. The van der Waals surface area contributed by atoms with Gasteiger partial charge in [-0.1, -0.05) is 13.8 Å². The SMILES string of the molecule is CCc1nc(N2CCCCC2)nc(CC)c1CCN. The molecule has 0 saturated carbocycles. The highest BCUT2D eigenvalue weighted by molar-refractivity contribution is 5.38. The Morgan fingerprint density at radius 2 is 1.58 bits per heavy atom. The van der Waals surface area contributed by atoms with Crippen molar-refractivity contribution in [2.24, 2.45) is 5.73 Å². The molecule has 19 heavy (non-hydrogen) atoms. The molecule has 1 fully saturated rings. The largest absolute Gasteiger partial charge is 0.341 e. The van der Waals surface area contributed by atoms with Crippen molar-refractivity contribution in [3.8, 4) is 0 Å². The minimum absolute atomic E-state index is 0.673. The fourth-order valence-electron chi connectivity index (χ4n) is 2.82. The molecule has 1 aromatic heterocycles. The van der Waals surface area contributed by atoms with Crippen molar-refractivity contribution >= 4 is 5.95 Å². The van der Waals surface area contributed by atoms with Gasteiger partial charge in [0, 0.05) is 24.5 Å². The summed E-state index contributed by atoms with van der Waals surface area (Å²) < 4.78 is 0. The van der Waals surface area contributed by atoms with Gasteiger partial charge in [0.05, 0.1) is 0 Å². The maximum absolute atomic E-state index is 5.72. The van der Waals surface area contributed by atoms with Crippen LogP contribution in [0, 0.1) is 0 Å². The van der Waals surface area contributed by atoms with E-state index in [1.807, 2.05) is 0 Å². The average molecular weight is 262 g/mol. The zero-order chi connectivity index (χ0) is 13.7. The summed E-state index contributed by atoms with van der Waals surface area (Å²) in [6, 6.07) is 0. The van der Waals surface area contributed by atoms with Crippen LogP contribution < -0.4 is 10.6 Å². The summed E-state index contributed by atoms with van der Waals surface area (Å²) in [7, 11) is 0. The summed E-state index contributed by atoms with van der Waals surface area (Å²) in [5.74, 6) is 0.939. The van der Waals surface area contributed by atoms with Crippen LogP contribution in [-0.4, -0.2) is 29.6 Å². The highest BCUT2D eigenvalue weighted by atomic mass is 15.3. The van der Waals surface area contributed by atoms with E-state index < -0.39 is 0 Å². The number of nitrogens with two attached hydrogens (primary N) is 1. The molecule has 0 radical (unpaired) electrons. The van der Waals surface area contributed by atoms with Crippen LogP contribution in [0.1, 0.15) is 50.1 Å². The van der Waals surface area contributed by atoms with Crippen molar-refractivity contribution < 1.29 is 0 Å². The van der Waals surface area contributed by atoms with E-state index in [0.717, 1.165) is 38.3 Å². The average Bonchev–Trinajstić information content (AvgIpc) is 2.48. The van der Waals surface area contributed by atoms with E-state index in [2.05, 4.69) is 18.7 Å². The molecule has 106 valence electrons. The monoisotopic (exact) mass is 262 g/mol. The fourth-order valence-corrected chi connectivity index (χ4v) is 2.82. The van der Waals surface area contributed by atoms with Gasteiger partial charge < -0.3 is 10.6 Å². The maximum Gasteiger partial charge on any atom is 0.225 e. The zero-order valence-corrected chi connectivity index (χ0v) is 12.3. The van der Waals surface area contributed by atoms with Crippen molar-refractivity contribution in [2.45, 2.75) is 52.4 Å². The normalized spacial score (nSPS) is 15.8. The molecular formula is C15H26N4. The number of aryl methyl sites for hydroxylation is 2. The number of rotatable bonds is 5. The van der Waals surface area contributed by atoms with Gasteiger partial charge in [0.1, 0.15) is 0 Å². The van der Waals surface area contributed by atoms with Crippen molar-refractivity contribution in [3.63, 3.8) is 0 Å². The summed E-state index contributed by atoms with van der Waals surface area (Å²) in [5, 5.41) is 0. The molecule has 0 unspecified atom stereocenters. The third-order valence-electron chi connectivity index (χ3n) is 3.87. The van der Waals surface area contributed by atoms with Gasteiger partial charge in [0.15, 0.2) is 0 Å². The predicted octanol–water partition coefficient (Wildman–Crippen LogP) is 2.09. The lowest BCUT2D eigenvalue weighted by Crippen LogP contribution is -2.32. The molecule has 0 spiro atoms. The van der Waals surface area contributed by atoms with Crippen molar-refractivity contribution in [3.05, 3.63) is 17.0 Å². The molecule has 0 bridgehead atoms. The molecule has 0 amide bonds. The third-order valence-corrected chi connectivity index (χ3v) is 3.87. The number of hydrogen-bond donors (Lipinski definition) is 1.